The van der Waals surface area contributed by atoms with E-state index < -0.39 is 29.8 Å². The molecule has 2 aliphatic rings. The Morgan fingerprint density at radius 3 is 1.89 bits per heavy atom. The van der Waals surface area contributed by atoms with E-state index in [9.17, 15) is 19.2 Å². The van der Waals surface area contributed by atoms with E-state index in [1.807, 2.05) is 36.4 Å². The number of alkyl carbamates (subject to hydrolysis) is 1. The Balaban J connectivity index is 1.09. The highest BCUT2D eigenvalue weighted by atomic mass is 16.7. The fraction of sp³-hybridized carbons (Fsp3) is 0.214. The molecule has 0 saturated carbocycles. The van der Waals surface area contributed by atoms with Gasteiger partial charge in [-0.1, -0.05) is 72.7 Å². The minimum absolute atomic E-state index is 0.0447. The molecule has 0 saturated heterocycles. The molecule has 8 heteroatoms. The Morgan fingerprint density at radius 1 is 0.833 bits per heavy atom. The van der Waals surface area contributed by atoms with Gasteiger partial charge in [-0.3, -0.25) is 9.59 Å². The number of carbonyl (C=O) groups excluding carboxylic acids is 4. The molecule has 182 valence electrons. The van der Waals surface area contributed by atoms with Gasteiger partial charge in [0.2, 0.25) is 0 Å². The van der Waals surface area contributed by atoms with Crippen molar-refractivity contribution in [3.63, 3.8) is 0 Å². The number of carbonyl (C=O) groups is 4. The fourth-order valence-corrected chi connectivity index (χ4v) is 4.59. The topological polar surface area (TPSA) is 102 Å². The van der Waals surface area contributed by atoms with Crippen molar-refractivity contribution in [2.75, 3.05) is 13.2 Å². The Labute approximate surface area is 207 Å². The molecule has 1 aliphatic heterocycles. The van der Waals surface area contributed by atoms with Gasteiger partial charge in [-0.2, -0.15) is 0 Å². The van der Waals surface area contributed by atoms with Crippen molar-refractivity contribution in [2.45, 2.75) is 19.3 Å². The number of imide groups is 1. The number of amides is 3. The first-order valence-corrected chi connectivity index (χ1v) is 11.7. The number of ether oxygens (including phenoxy) is 1. The maximum atomic E-state index is 12.4. The number of benzene rings is 3. The van der Waals surface area contributed by atoms with Crippen molar-refractivity contribution in [2.24, 2.45) is 5.92 Å². The molecule has 3 aromatic rings. The molecule has 0 fully saturated rings. The average molecular weight is 485 g/mol. The summed E-state index contributed by atoms with van der Waals surface area (Å²) in [6.45, 7) is 1.95. The van der Waals surface area contributed by atoms with Gasteiger partial charge < -0.3 is 14.9 Å². The molecule has 3 aromatic carbocycles. The van der Waals surface area contributed by atoms with Gasteiger partial charge in [0.25, 0.3) is 11.8 Å². The normalized spacial score (nSPS) is 14.6. The van der Waals surface area contributed by atoms with Crippen LogP contribution in [0.25, 0.3) is 11.1 Å². The second-order valence-corrected chi connectivity index (χ2v) is 8.80. The van der Waals surface area contributed by atoms with Crippen LogP contribution in [0.15, 0.2) is 72.8 Å². The highest BCUT2D eigenvalue weighted by Crippen LogP contribution is 2.44. The van der Waals surface area contributed by atoms with Gasteiger partial charge in [0.1, 0.15) is 6.61 Å². The van der Waals surface area contributed by atoms with E-state index >= 15 is 0 Å². The molecule has 1 N–H and O–H groups in total. The summed E-state index contributed by atoms with van der Waals surface area (Å²) >= 11 is 0. The van der Waals surface area contributed by atoms with Crippen LogP contribution in [0.5, 0.6) is 0 Å². The van der Waals surface area contributed by atoms with Crippen LogP contribution in [-0.2, 0) is 14.4 Å². The van der Waals surface area contributed by atoms with Crippen LogP contribution < -0.4 is 5.32 Å². The van der Waals surface area contributed by atoms with Crippen LogP contribution in [0, 0.1) is 5.92 Å². The van der Waals surface area contributed by atoms with Gasteiger partial charge in [0, 0.05) is 12.5 Å². The smallest absolute Gasteiger partial charge is 0.407 e. The Kier molecular flexibility index (Phi) is 6.25. The molecule has 5 rings (SSSR count). The summed E-state index contributed by atoms with van der Waals surface area (Å²) < 4.78 is 5.49. The SMILES string of the molecule is CC(CCNC(=O)OCC1c2ccccc2-c2ccccc21)C(=O)ON1C(=O)c2ccccc2C1=O. The summed E-state index contributed by atoms with van der Waals surface area (Å²) in [5.74, 6) is -2.79. The van der Waals surface area contributed by atoms with E-state index in [4.69, 9.17) is 9.57 Å². The Bertz CT molecular complexity index is 1290. The number of hydrogen-bond acceptors (Lipinski definition) is 6. The van der Waals surface area contributed by atoms with E-state index in [0.717, 1.165) is 22.3 Å². The largest absolute Gasteiger partial charge is 0.449 e. The monoisotopic (exact) mass is 484 g/mol. The van der Waals surface area contributed by atoms with Gasteiger partial charge in [-0.25, -0.2) is 9.59 Å². The molecule has 1 heterocycles. The van der Waals surface area contributed by atoms with Crippen LogP contribution in [0.1, 0.15) is 51.1 Å². The number of rotatable bonds is 7. The van der Waals surface area contributed by atoms with Crippen LogP contribution >= 0.6 is 0 Å². The van der Waals surface area contributed by atoms with Crippen molar-refractivity contribution in [1.29, 1.82) is 0 Å². The molecule has 3 amide bonds. The maximum absolute atomic E-state index is 12.4. The summed E-state index contributed by atoms with van der Waals surface area (Å²) in [7, 11) is 0. The predicted octanol–water partition coefficient (Wildman–Crippen LogP) is 4.31. The molecule has 0 bridgehead atoms. The summed E-state index contributed by atoms with van der Waals surface area (Å²) in [5, 5.41) is 3.14. The third-order valence-electron chi connectivity index (χ3n) is 6.53. The van der Waals surface area contributed by atoms with Gasteiger partial charge in [0.15, 0.2) is 0 Å². The van der Waals surface area contributed by atoms with E-state index in [1.54, 1.807) is 19.1 Å². The van der Waals surface area contributed by atoms with E-state index in [2.05, 4.69) is 17.4 Å². The second-order valence-electron chi connectivity index (χ2n) is 8.80. The zero-order chi connectivity index (χ0) is 25.2. The lowest BCUT2D eigenvalue weighted by Gasteiger charge is -2.17. The molecule has 0 radical (unpaired) electrons. The first-order chi connectivity index (χ1) is 17.5. The molecule has 1 unspecified atom stereocenters. The molecule has 36 heavy (non-hydrogen) atoms. The summed E-state index contributed by atoms with van der Waals surface area (Å²) in [6, 6.07) is 22.4. The minimum atomic E-state index is -0.737. The molecule has 8 nitrogen and oxygen atoms in total. The fourth-order valence-electron chi connectivity index (χ4n) is 4.59. The van der Waals surface area contributed by atoms with Crippen molar-refractivity contribution >= 4 is 23.9 Å². The third-order valence-corrected chi connectivity index (χ3v) is 6.53. The molecular weight excluding hydrogens is 460 g/mol. The zero-order valence-electron chi connectivity index (χ0n) is 19.6. The van der Waals surface area contributed by atoms with E-state index in [0.29, 0.717) is 5.06 Å². The summed E-state index contributed by atoms with van der Waals surface area (Å²) in [6.07, 6.45) is -0.343. The molecule has 1 aliphatic carbocycles. The molecule has 0 spiro atoms. The van der Waals surface area contributed by atoms with E-state index in [-0.39, 0.29) is 36.6 Å². The van der Waals surface area contributed by atoms with Crippen LogP contribution in [0.4, 0.5) is 4.79 Å². The van der Waals surface area contributed by atoms with Crippen molar-refractivity contribution in [3.8, 4) is 11.1 Å². The lowest BCUT2D eigenvalue weighted by atomic mass is 9.98. The van der Waals surface area contributed by atoms with Crippen molar-refractivity contribution in [3.05, 3.63) is 95.1 Å². The van der Waals surface area contributed by atoms with Gasteiger partial charge in [0.05, 0.1) is 17.0 Å². The summed E-state index contributed by atoms with van der Waals surface area (Å²) in [4.78, 5) is 54.5. The molecule has 0 aromatic heterocycles. The summed E-state index contributed by atoms with van der Waals surface area (Å²) in [5.41, 5.74) is 4.92. The number of hydroxylamine groups is 2. The standard InChI is InChI=1S/C28H24N2O6/c1-17(27(33)36-30-25(31)22-12-6-7-13-23(22)26(30)32)14-15-29-28(34)35-16-24-20-10-4-2-8-18(20)19-9-3-5-11-21(19)24/h2-13,17,24H,14-16H2,1H3,(H,29,34). The van der Waals surface area contributed by atoms with Gasteiger partial charge in [-0.15, -0.1) is 0 Å². The van der Waals surface area contributed by atoms with E-state index in [1.165, 1.54) is 12.1 Å². The first kappa shape index (κ1) is 23.3. The quantitative estimate of drug-likeness (QED) is 0.502. The minimum Gasteiger partial charge on any atom is -0.449 e. The highest BCUT2D eigenvalue weighted by Gasteiger charge is 2.39. The maximum Gasteiger partial charge on any atom is 0.407 e. The number of hydrogen-bond donors (Lipinski definition) is 1. The lowest BCUT2D eigenvalue weighted by molar-refractivity contribution is -0.173. The average Bonchev–Trinajstić information content (AvgIpc) is 3.35. The first-order valence-electron chi connectivity index (χ1n) is 11.7. The molecule has 1 atom stereocenters. The van der Waals surface area contributed by atoms with Gasteiger partial charge >= 0.3 is 12.1 Å². The van der Waals surface area contributed by atoms with Crippen LogP contribution in [-0.4, -0.2) is 42.1 Å². The highest BCUT2D eigenvalue weighted by molar-refractivity contribution is 6.20. The van der Waals surface area contributed by atoms with Crippen LogP contribution in [0.3, 0.4) is 0 Å². The third kappa shape index (κ3) is 4.22. The molecular formula is C28H24N2O6. The number of fused-ring (bicyclic) bond motifs is 4. The Hall–Kier alpha value is -4.46. The Morgan fingerprint density at radius 2 is 1.33 bits per heavy atom. The van der Waals surface area contributed by atoms with Crippen LogP contribution in [0.2, 0.25) is 0 Å². The second kappa shape index (κ2) is 9.65. The van der Waals surface area contributed by atoms with Crippen molar-refractivity contribution in [1.82, 2.24) is 10.4 Å². The predicted molar refractivity (Wildman–Crippen MR) is 130 cm³/mol. The van der Waals surface area contributed by atoms with Gasteiger partial charge in [-0.05, 0) is 40.8 Å². The lowest BCUT2D eigenvalue weighted by Crippen LogP contribution is -2.35. The number of nitrogens with zero attached hydrogens (tertiary/aromatic N) is 1. The number of nitrogens with one attached hydrogen (secondary N) is 1. The van der Waals surface area contributed by atoms with Crippen molar-refractivity contribution < 1.29 is 28.8 Å². The zero-order valence-corrected chi connectivity index (χ0v) is 19.6.